The molecule has 3 aliphatic rings. The Bertz CT molecular complexity index is 371. The number of hydrogen-bond acceptors (Lipinski definition) is 6. The highest BCUT2D eigenvalue weighted by atomic mass is 32.2. The smallest absolute Gasteiger partial charge is 0.203 e. The van der Waals surface area contributed by atoms with Crippen LogP contribution in [0.3, 0.4) is 0 Å². The van der Waals surface area contributed by atoms with E-state index in [1.807, 2.05) is 18.0 Å². The van der Waals surface area contributed by atoms with Gasteiger partial charge in [0.15, 0.2) is 5.25 Å². The summed E-state index contributed by atoms with van der Waals surface area (Å²) in [6, 6.07) is 0. The summed E-state index contributed by atoms with van der Waals surface area (Å²) in [5, 5.41) is 6.04. The lowest BCUT2D eigenvalue weighted by Crippen LogP contribution is -2.40. The number of hydrogen-bond donors (Lipinski definition) is 1. The van der Waals surface area contributed by atoms with Crippen LogP contribution in [0, 0.1) is 0 Å². The molecule has 0 aliphatic carbocycles. The predicted molar refractivity (Wildman–Crippen MR) is 72.6 cm³/mol. The lowest BCUT2D eigenvalue weighted by molar-refractivity contribution is 0.583. The zero-order valence-corrected chi connectivity index (χ0v) is 10.9. The van der Waals surface area contributed by atoms with Crippen molar-refractivity contribution in [3.8, 4) is 0 Å². The molecule has 0 aromatic rings. The molecule has 86 valence electrons. The Labute approximate surface area is 106 Å². The summed E-state index contributed by atoms with van der Waals surface area (Å²) < 4.78 is 11.6. The Hall–Kier alpha value is -0.110. The lowest BCUT2D eigenvalue weighted by Gasteiger charge is -2.20. The molecule has 0 radical (unpaired) electrons. The minimum atomic E-state index is -0.920. The van der Waals surface area contributed by atoms with Crippen molar-refractivity contribution >= 4 is 46.5 Å². The van der Waals surface area contributed by atoms with Gasteiger partial charge in [0.25, 0.3) is 0 Å². The van der Waals surface area contributed by atoms with Crippen LogP contribution in [0.5, 0.6) is 0 Å². The van der Waals surface area contributed by atoms with Crippen molar-refractivity contribution in [2.75, 3.05) is 12.3 Å². The van der Waals surface area contributed by atoms with Gasteiger partial charge in [-0.2, -0.15) is 0 Å². The normalized spacial score (nSPS) is 41.4. The van der Waals surface area contributed by atoms with Crippen molar-refractivity contribution in [1.82, 2.24) is 5.32 Å². The standard InChI is InChI=1S/C9H11N3OS3/c13-16-5-10-3-7(16)9-12-6(4-15-9)8-11-1-2-14-8/h1,4-5,7-9,12H,2-3H2. The van der Waals surface area contributed by atoms with Crippen LogP contribution < -0.4 is 5.32 Å². The van der Waals surface area contributed by atoms with E-state index in [9.17, 15) is 4.55 Å². The van der Waals surface area contributed by atoms with E-state index in [0.29, 0.717) is 6.54 Å². The van der Waals surface area contributed by atoms with Gasteiger partial charge < -0.3 is 9.87 Å². The van der Waals surface area contributed by atoms with Gasteiger partial charge in [0.05, 0.1) is 12.2 Å². The molecule has 3 aliphatic heterocycles. The van der Waals surface area contributed by atoms with Crippen LogP contribution in [0.4, 0.5) is 0 Å². The second kappa shape index (κ2) is 4.64. The summed E-state index contributed by atoms with van der Waals surface area (Å²) in [4.78, 5) is 8.46. The third kappa shape index (κ3) is 2.01. The van der Waals surface area contributed by atoms with Crippen LogP contribution in [0.15, 0.2) is 21.1 Å². The third-order valence-electron chi connectivity index (χ3n) is 2.59. The molecule has 4 atom stereocenters. The van der Waals surface area contributed by atoms with Gasteiger partial charge in [-0.3, -0.25) is 4.99 Å². The second-order valence-corrected chi connectivity index (χ2v) is 7.23. The Morgan fingerprint density at radius 1 is 1.56 bits per heavy atom. The summed E-state index contributed by atoms with van der Waals surface area (Å²) in [6.07, 6.45) is 1.95. The fraction of sp³-hybridized carbons (Fsp3) is 0.556. The van der Waals surface area contributed by atoms with Crippen LogP contribution >= 0.6 is 23.5 Å². The summed E-state index contributed by atoms with van der Waals surface area (Å²) >= 11 is 2.60. The maximum atomic E-state index is 11.6. The van der Waals surface area contributed by atoms with Crippen molar-refractivity contribution < 1.29 is 4.55 Å². The second-order valence-electron chi connectivity index (χ2n) is 3.63. The Morgan fingerprint density at radius 2 is 2.50 bits per heavy atom. The van der Waals surface area contributed by atoms with Crippen LogP contribution in [0.2, 0.25) is 0 Å². The number of rotatable bonds is 2. The fourth-order valence-electron chi connectivity index (χ4n) is 1.76. The molecule has 1 N–H and O–H groups in total. The first-order valence-electron chi connectivity index (χ1n) is 4.99. The maximum absolute atomic E-state index is 11.6. The van der Waals surface area contributed by atoms with Crippen LogP contribution in [-0.2, 0) is 11.2 Å². The fourth-order valence-corrected chi connectivity index (χ4v) is 5.10. The summed E-state index contributed by atoms with van der Waals surface area (Å²) in [5.41, 5.74) is 2.71. The molecule has 3 rings (SSSR count). The van der Waals surface area contributed by atoms with Gasteiger partial charge in [0, 0.05) is 23.1 Å². The Balaban J connectivity index is 1.61. The minimum absolute atomic E-state index is 0.106. The first-order valence-corrected chi connectivity index (χ1v) is 8.26. The number of thioether (sulfide) groups is 2. The van der Waals surface area contributed by atoms with Crippen molar-refractivity contribution in [1.29, 1.82) is 0 Å². The Kier molecular flexibility index (Phi) is 3.19. The first kappa shape index (κ1) is 11.0. The van der Waals surface area contributed by atoms with E-state index in [0.717, 1.165) is 11.4 Å². The first-order chi connectivity index (χ1) is 7.84. The quantitative estimate of drug-likeness (QED) is 0.756. The monoisotopic (exact) mass is 273 g/mol. The predicted octanol–water partition coefficient (Wildman–Crippen LogP) is 0.793. The van der Waals surface area contributed by atoms with Crippen molar-refractivity contribution in [2.24, 2.45) is 9.98 Å². The van der Waals surface area contributed by atoms with E-state index >= 15 is 0 Å². The molecule has 0 saturated carbocycles. The molecule has 0 fully saturated rings. The zero-order chi connectivity index (χ0) is 11.0. The lowest BCUT2D eigenvalue weighted by atomic mass is 10.4. The van der Waals surface area contributed by atoms with E-state index in [-0.39, 0.29) is 16.0 Å². The summed E-state index contributed by atoms with van der Waals surface area (Å²) in [7, 11) is 0. The van der Waals surface area contributed by atoms with Crippen LogP contribution in [0.1, 0.15) is 0 Å². The van der Waals surface area contributed by atoms with Crippen LogP contribution in [0.25, 0.3) is 0 Å². The SMILES string of the molecule is [O-][S+]1C=NCC1C1NC(C2N=CCS2)=CS1. The van der Waals surface area contributed by atoms with Gasteiger partial charge in [-0.05, 0) is 5.41 Å². The minimum Gasteiger partial charge on any atom is -0.610 e. The molecule has 0 spiro atoms. The van der Waals surface area contributed by atoms with Crippen molar-refractivity contribution in [3.63, 3.8) is 0 Å². The molecule has 0 bridgehead atoms. The molecular formula is C9H11N3OS3. The van der Waals surface area contributed by atoms with Gasteiger partial charge in [0.1, 0.15) is 10.7 Å². The highest BCUT2D eigenvalue weighted by Gasteiger charge is 2.38. The molecule has 0 amide bonds. The van der Waals surface area contributed by atoms with Crippen molar-refractivity contribution in [2.45, 2.75) is 16.0 Å². The molecule has 16 heavy (non-hydrogen) atoms. The highest BCUT2D eigenvalue weighted by Crippen LogP contribution is 2.34. The van der Waals surface area contributed by atoms with Gasteiger partial charge >= 0.3 is 0 Å². The number of aliphatic imine (C=N–C) groups is 2. The maximum Gasteiger partial charge on any atom is 0.203 e. The van der Waals surface area contributed by atoms with Gasteiger partial charge in [0.2, 0.25) is 5.55 Å². The van der Waals surface area contributed by atoms with Gasteiger partial charge in [-0.15, -0.1) is 23.5 Å². The summed E-state index contributed by atoms with van der Waals surface area (Å²) in [5.74, 6) is 0.984. The summed E-state index contributed by atoms with van der Waals surface area (Å²) in [6.45, 7) is 0.666. The van der Waals surface area contributed by atoms with Crippen LogP contribution in [-0.4, -0.2) is 44.6 Å². The number of nitrogens with one attached hydrogen (secondary N) is 1. The van der Waals surface area contributed by atoms with Gasteiger partial charge in [-0.25, -0.2) is 4.99 Å². The van der Waals surface area contributed by atoms with E-state index in [2.05, 4.69) is 20.7 Å². The molecule has 0 aromatic carbocycles. The number of nitrogens with zero attached hydrogens (tertiary/aromatic N) is 2. The van der Waals surface area contributed by atoms with E-state index in [1.165, 1.54) is 0 Å². The van der Waals surface area contributed by atoms with E-state index < -0.39 is 11.2 Å². The largest absolute Gasteiger partial charge is 0.610 e. The zero-order valence-electron chi connectivity index (χ0n) is 8.41. The Morgan fingerprint density at radius 3 is 3.19 bits per heavy atom. The molecular weight excluding hydrogens is 262 g/mol. The average molecular weight is 273 g/mol. The third-order valence-corrected chi connectivity index (χ3v) is 6.30. The van der Waals surface area contributed by atoms with E-state index in [4.69, 9.17) is 0 Å². The molecule has 0 aromatic heterocycles. The molecule has 7 heteroatoms. The van der Waals surface area contributed by atoms with Gasteiger partial charge in [-0.1, -0.05) is 0 Å². The van der Waals surface area contributed by atoms with Crippen molar-refractivity contribution in [3.05, 3.63) is 11.1 Å². The molecule has 0 saturated heterocycles. The topological polar surface area (TPSA) is 59.8 Å². The average Bonchev–Trinajstić information content (AvgIpc) is 2.96. The van der Waals surface area contributed by atoms with E-state index in [1.54, 1.807) is 17.3 Å². The molecule has 4 unspecified atom stereocenters. The highest BCUT2D eigenvalue weighted by molar-refractivity contribution is 8.08. The molecule has 3 heterocycles. The molecule has 4 nitrogen and oxygen atoms in total.